The van der Waals surface area contributed by atoms with Crippen molar-refractivity contribution in [1.29, 1.82) is 0 Å². The van der Waals surface area contributed by atoms with E-state index in [1.165, 1.54) is 0 Å². The SMILES string of the molecule is CCc1c(Cl)nc2nc(C3CC3)nn2c1Cl. The Kier molecular flexibility index (Phi) is 2.30. The van der Waals surface area contributed by atoms with Gasteiger partial charge in [0.1, 0.15) is 10.3 Å². The minimum atomic E-state index is 0.426. The van der Waals surface area contributed by atoms with E-state index >= 15 is 0 Å². The molecule has 0 atom stereocenters. The molecular formula is C10H10Cl2N4. The van der Waals surface area contributed by atoms with Crippen LogP contribution in [0.1, 0.15) is 37.1 Å². The minimum absolute atomic E-state index is 0.426. The van der Waals surface area contributed by atoms with Crippen LogP contribution in [0.5, 0.6) is 0 Å². The molecule has 16 heavy (non-hydrogen) atoms. The lowest BCUT2D eigenvalue weighted by atomic mass is 10.3. The summed E-state index contributed by atoms with van der Waals surface area (Å²) in [6, 6.07) is 0. The van der Waals surface area contributed by atoms with Crippen LogP contribution >= 0.6 is 23.2 Å². The Morgan fingerprint density at radius 1 is 1.31 bits per heavy atom. The molecule has 6 heteroatoms. The molecule has 1 aliphatic carbocycles. The zero-order valence-corrected chi connectivity index (χ0v) is 10.3. The van der Waals surface area contributed by atoms with Gasteiger partial charge in [-0.15, -0.1) is 5.10 Å². The Labute approximate surface area is 103 Å². The summed E-state index contributed by atoms with van der Waals surface area (Å²) < 4.78 is 1.58. The number of fused-ring (bicyclic) bond motifs is 1. The lowest BCUT2D eigenvalue weighted by Crippen LogP contribution is -1.99. The summed E-state index contributed by atoms with van der Waals surface area (Å²) in [5.41, 5.74) is 0.822. The molecule has 0 N–H and O–H groups in total. The zero-order chi connectivity index (χ0) is 11.3. The largest absolute Gasteiger partial charge is 0.255 e. The highest BCUT2D eigenvalue weighted by atomic mass is 35.5. The second kappa shape index (κ2) is 3.57. The lowest BCUT2D eigenvalue weighted by Gasteiger charge is -2.03. The van der Waals surface area contributed by atoms with Gasteiger partial charge in [0.2, 0.25) is 0 Å². The first-order valence-electron chi connectivity index (χ1n) is 5.31. The Morgan fingerprint density at radius 2 is 2.06 bits per heavy atom. The molecule has 0 aromatic carbocycles. The molecule has 2 aromatic rings. The van der Waals surface area contributed by atoms with Gasteiger partial charge in [-0.2, -0.15) is 14.5 Å². The van der Waals surface area contributed by atoms with E-state index < -0.39 is 0 Å². The number of hydrogen-bond acceptors (Lipinski definition) is 3. The van der Waals surface area contributed by atoms with Crippen molar-refractivity contribution in [3.8, 4) is 0 Å². The van der Waals surface area contributed by atoms with Crippen LogP contribution in [0.25, 0.3) is 5.78 Å². The molecule has 2 heterocycles. The number of nitrogens with zero attached hydrogens (tertiary/aromatic N) is 4. The van der Waals surface area contributed by atoms with Crippen molar-refractivity contribution in [1.82, 2.24) is 19.6 Å². The third-order valence-electron chi connectivity index (χ3n) is 2.78. The average molecular weight is 257 g/mol. The van der Waals surface area contributed by atoms with Crippen LogP contribution in [-0.4, -0.2) is 19.6 Å². The third kappa shape index (κ3) is 1.48. The van der Waals surface area contributed by atoms with E-state index in [1.807, 2.05) is 6.92 Å². The Hall–Kier alpha value is -0.870. The quantitative estimate of drug-likeness (QED) is 0.777. The van der Waals surface area contributed by atoms with Gasteiger partial charge in [0, 0.05) is 11.5 Å². The topological polar surface area (TPSA) is 43.1 Å². The fourth-order valence-electron chi connectivity index (χ4n) is 1.70. The number of hydrogen-bond donors (Lipinski definition) is 0. The van der Waals surface area contributed by atoms with Crippen molar-refractivity contribution in [2.24, 2.45) is 0 Å². The first-order chi connectivity index (χ1) is 7.70. The average Bonchev–Trinajstić information content (AvgIpc) is 3.00. The smallest absolute Gasteiger partial charge is 0.199 e. The Balaban J connectivity index is 2.25. The van der Waals surface area contributed by atoms with Gasteiger partial charge in [-0.05, 0) is 19.3 Å². The molecule has 0 unspecified atom stereocenters. The summed E-state index contributed by atoms with van der Waals surface area (Å²) >= 11 is 12.3. The van der Waals surface area contributed by atoms with Gasteiger partial charge in [-0.3, -0.25) is 0 Å². The van der Waals surface area contributed by atoms with Crippen LogP contribution in [0.4, 0.5) is 0 Å². The van der Waals surface area contributed by atoms with Crippen LogP contribution in [0.15, 0.2) is 0 Å². The van der Waals surface area contributed by atoms with Gasteiger partial charge < -0.3 is 0 Å². The van der Waals surface area contributed by atoms with Gasteiger partial charge in [-0.25, -0.2) is 0 Å². The van der Waals surface area contributed by atoms with E-state index in [1.54, 1.807) is 4.52 Å². The van der Waals surface area contributed by atoms with E-state index in [4.69, 9.17) is 23.2 Å². The fourth-order valence-corrected chi connectivity index (χ4v) is 2.38. The highest BCUT2D eigenvalue weighted by Gasteiger charge is 2.29. The molecule has 1 aliphatic rings. The summed E-state index contributed by atoms with van der Waals surface area (Å²) in [7, 11) is 0. The molecule has 0 spiro atoms. The first-order valence-corrected chi connectivity index (χ1v) is 6.06. The predicted molar refractivity (Wildman–Crippen MR) is 62.2 cm³/mol. The fraction of sp³-hybridized carbons (Fsp3) is 0.500. The van der Waals surface area contributed by atoms with Crippen LogP contribution in [-0.2, 0) is 6.42 Å². The van der Waals surface area contributed by atoms with Crippen molar-refractivity contribution in [3.05, 3.63) is 21.7 Å². The summed E-state index contributed by atoms with van der Waals surface area (Å²) in [6.45, 7) is 1.99. The van der Waals surface area contributed by atoms with Crippen molar-refractivity contribution in [2.75, 3.05) is 0 Å². The van der Waals surface area contributed by atoms with Gasteiger partial charge in [0.25, 0.3) is 5.78 Å². The van der Waals surface area contributed by atoms with E-state index in [0.717, 1.165) is 30.7 Å². The summed E-state index contributed by atoms with van der Waals surface area (Å²) in [5, 5.41) is 5.33. The molecule has 2 aromatic heterocycles. The van der Waals surface area contributed by atoms with Gasteiger partial charge in [-0.1, -0.05) is 30.1 Å². The van der Waals surface area contributed by atoms with Crippen LogP contribution in [0.2, 0.25) is 10.3 Å². The lowest BCUT2D eigenvalue weighted by molar-refractivity contribution is 0.861. The predicted octanol–water partition coefficient (Wildman–Crippen LogP) is 2.87. The molecular weight excluding hydrogens is 247 g/mol. The summed E-state index contributed by atoms with van der Waals surface area (Å²) in [4.78, 5) is 8.55. The molecule has 1 fully saturated rings. The van der Waals surface area contributed by atoms with Crippen LogP contribution in [0.3, 0.4) is 0 Å². The first kappa shape index (κ1) is 10.3. The maximum atomic E-state index is 6.22. The maximum absolute atomic E-state index is 6.22. The molecule has 4 nitrogen and oxygen atoms in total. The van der Waals surface area contributed by atoms with E-state index in [0.29, 0.717) is 22.0 Å². The summed E-state index contributed by atoms with van der Waals surface area (Å²) in [6.07, 6.45) is 3.05. The van der Waals surface area contributed by atoms with E-state index in [2.05, 4.69) is 15.1 Å². The Bertz CT molecular complexity index is 559. The van der Waals surface area contributed by atoms with Crippen molar-refractivity contribution >= 4 is 29.0 Å². The monoisotopic (exact) mass is 256 g/mol. The van der Waals surface area contributed by atoms with Gasteiger partial charge in [0.15, 0.2) is 5.82 Å². The summed E-state index contributed by atoms with van der Waals surface area (Å²) in [5.74, 6) is 1.81. The van der Waals surface area contributed by atoms with E-state index in [9.17, 15) is 0 Å². The van der Waals surface area contributed by atoms with Crippen molar-refractivity contribution < 1.29 is 0 Å². The van der Waals surface area contributed by atoms with Crippen molar-refractivity contribution in [2.45, 2.75) is 32.1 Å². The maximum Gasteiger partial charge on any atom is 0.255 e. The van der Waals surface area contributed by atoms with E-state index in [-0.39, 0.29) is 0 Å². The number of rotatable bonds is 2. The van der Waals surface area contributed by atoms with Gasteiger partial charge in [0.05, 0.1) is 0 Å². The molecule has 0 bridgehead atoms. The molecule has 0 amide bonds. The highest BCUT2D eigenvalue weighted by Crippen LogP contribution is 2.38. The van der Waals surface area contributed by atoms with Gasteiger partial charge >= 0.3 is 0 Å². The second-order valence-corrected chi connectivity index (χ2v) is 4.70. The normalized spacial score (nSPS) is 15.9. The van der Waals surface area contributed by atoms with Crippen molar-refractivity contribution in [3.63, 3.8) is 0 Å². The van der Waals surface area contributed by atoms with Crippen LogP contribution in [0, 0.1) is 0 Å². The third-order valence-corrected chi connectivity index (χ3v) is 3.49. The van der Waals surface area contributed by atoms with Crippen LogP contribution < -0.4 is 0 Å². The molecule has 1 saturated carbocycles. The second-order valence-electron chi connectivity index (χ2n) is 3.98. The Morgan fingerprint density at radius 3 is 2.69 bits per heavy atom. The number of halogens is 2. The molecule has 0 aliphatic heterocycles. The highest BCUT2D eigenvalue weighted by molar-refractivity contribution is 6.34. The molecule has 3 rings (SSSR count). The molecule has 84 valence electrons. The molecule has 0 radical (unpaired) electrons. The number of aromatic nitrogens is 4. The zero-order valence-electron chi connectivity index (χ0n) is 8.74. The molecule has 0 saturated heterocycles. The standard InChI is InChI=1S/C10H10Cl2N4/c1-2-6-7(11)13-10-14-9(5-3-4-5)15-16(10)8(6)12/h5H,2-4H2,1H3. The minimum Gasteiger partial charge on any atom is -0.199 e.